The Hall–Kier alpha value is -7.56. The van der Waals surface area contributed by atoms with Crippen molar-refractivity contribution < 1.29 is 0 Å². The zero-order chi connectivity index (χ0) is 37.3. The largest absolute Gasteiger partial charge is 0.255 e. The van der Waals surface area contributed by atoms with Crippen molar-refractivity contribution in [3.8, 4) is 78.7 Å². The summed E-state index contributed by atoms with van der Waals surface area (Å²) in [7, 11) is 0. The molecule has 4 nitrogen and oxygen atoms in total. The lowest BCUT2D eigenvalue weighted by molar-refractivity contribution is 1.18. The van der Waals surface area contributed by atoms with Gasteiger partial charge in [-0.3, -0.25) is 4.98 Å². The molecular weight excluding hydrogens is 681 g/mol. The second-order valence-corrected chi connectivity index (χ2v) is 13.9. The van der Waals surface area contributed by atoms with Gasteiger partial charge in [-0.1, -0.05) is 164 Å². The Balaban J connectivity index is 1.01. The molecule has 0 saturated heterocycles. The van der Waals surface area contributed by atoms with Crippen molar-refractivity contribution in [2.75, 3.05) is 0 Å². The lowest BCUT2D eigenvalue weighted by Gasteiger charge is -2.12. The molecule has 3 aromatic heterocycles. The van der Waals surface area contributed by atoms with Crippen molar-refractivity contribution in [2.45, 2.75) is 0 Å². The Kier molecular flexibility index (Phi) is 8.47. The monoisotopic (exact) mass is 714 g/mol. The van der Waals surface area contributed by atoms with Crippen molar-refractivity contribution in [3.63, 3.8) is 0 Å². The molecule has 7 aromatic carbocycles. The molecule has 3 heterocycles. The fourth-order valence-corrected chi connectivity index (χ4v) is 7.50. The number of benzene rings is 7. The van der Waals surface area contributed by atoms with Crippen molar-refractivity contribution in [1.82, 2.24) is 19.9 Å². The van der Waals surface area contributed by atoms with Gasteiger partial charge in [-0.15, -0.1) is 0 Å². The topological polar surface area (TPSA) is 51.6 Å². The van der Waals surface area contributed by atoms with Gasteiger partial charge in [-0.25, -0.2) is 15.0 Å². The second kappa shape index (κ2) is 14.3. The summed E-state index contributed by atoms with van der Waals surface area (Å²) in [6.45, 7) is 0. The van der Waals surface area contributed by atoms with Crippen LogP contribution in [0.1, 0.15) is 0 Å². The quantitative estimate of drug-likeness (QED) is 0.154. The van der Waals surface area contributed by atoms with Crippen LogP contribution in [0.2, 0.25) is 0 Å². The number of hydrogen-bond donors (Lipinski definition) is 0. The van der Waals surface area contributed by atoms with E-state index in [0.717, 1.165) is 78.0 Å². The molecule has 0 spiro atoms. The third kappa shape index (κ3) is 6.40. The molecule has 0 bridgehead atoms. The van der Waals surface area contributed by atoms with Gasteiger partial charge in [0.25, 0.3) is 0 Å². The third-order valence-electron chi connectivity index (χ3n) is 10.3. The summed E-state index contributed by atoms with van der Waals surface area (Å²) in [6.07, 6.45) is 1.88. The maximum atomic E-state index is 5.12. The Morgan fingerprint density at radius 2 is 0.768 bits per heavy atom. The zero-order valence-electron chi connectivity index (χ0n) is 30.4. The maximum absolute atomic E-state index is 5.12. The first-order valence-corrected chi connectivity index (χ1v) is 18.8. The van der Waals surface area contributed by atoms with Gasteiger partial charge in [0.1, 0.15) is 0 Å². The van der Waals surface area contributed by atoms with Crippen LogP contribution in [0.4, 0.5) is 0 Å². The minimum Gasteiger partial charge on any atom is -0.255 e. The highest BCUT2D eigenvalue weighted by molar-refractivity contribution is 6.10. The Bertz CT molecular complexity index is 3010. The van der Waals surface area contributed by atoms with E-state index in [1.54, 1.807) is 0 Å². The third-order valence-corrected chi connectivity index (χ3v) is 10.3. The van der Waals surface area contributed by atoms with Crippen LogP contribution in [-0.2, 0) is 0 Å². The molecule has 0 atom stereocenters. The molecule has 0 fully saturated rings. The Labute approximate surface area is 325 Å². The van der Waals surface area contributed by atoms with Gasteiger partial charge in [0.05, 0.1) is 28.3 Å². The minimum atomic E-state index is 0.694. The summed E-state index contributed by atoms with van der Waals surface area (Å²) in [5.74, 6) is 0.694. The summed E-state index contributed by atoms with van der Waals surface area (Å²) in [6, 6.07) is 69.6. The predicted molar refractivity (Wildman–Crippen MR) is 231 cm³/mol. The lowest BCUT2D eigenvalue weighted by Crippen LogP contribution is -1.96. The van der Waals surface area contributed by atoms with E-state index in [2.05, 4.69) is 170 Å². The summed E-state index contributed by atoms with van der Waals surface area (Å²) in [4.78, 5) is 20.1. The minimum absolute atomic E-state index is 0.694. The number of hydrogen-bond acceptors (Lipinski definition) is 4. The van der Waals surface area contributed by atoms with Gasteiger partial charge in [-0.05, 0) is 75.2 Å². The van der Waals surface area contributed by atoms with Crippen molar-refractivity contribution in [2.24, 2.45) is 0 Å². The normalized spacial score (nSPS) is 11.2. The van der Waals surface area contributed by atoms with E-state index in [0.29, 0.717) is 5.82 Å². The van der Waals surface area contributed by atoms with E-state index in [1.165, 1.54) is 16.5 Å². The van der Waals surface area contributed by atoms with Crippen LogP contribution in [0, 0.1) is 0 Å². The fraction of sp³-hybridized carbons (Fsp3) is 0. The molecule has 56 heavy (non-hydrogen) atoms. The SMILES string of the molecule is c1ccc(-c2ccc(-c3cc(-c4cccc(-c5cccc(-c6ccnc(-c7nc8ccccc8c8ccccc78)c6)c5)c4)nc(-c4ccccc4)n3)cc2)cc1. The van der Waals surface area contributed by atoms with Gasteiger partial charge >= 0.3 is 0 Å². The van der Waals surface area contributed by atoms with Gasteiger partial charge in [-0.2, -0.15) is 0 Å². The molecule has 0 saturated carbocycles. The first-order chi connectivity index (χ1) is 27.7. The molecule has 0 N–H and O–H groups in total. The Morgan fingerprint density at radius 1 is 0.268 bits per heavy atom. The van der Waals surface area contributed by atoms with E-state index in [9.17, 15) is 0 Å². The standard InChI is InChI=1S/C52H34N4/c1-3-13-35(14-4-1)36-25-27-37(28-26-36)48-34-49(56-52(55-48)38-15-5-2-6-16-38)43-20-12-19-41(32-43)39-17-11-18-40(31-39)42-29-30-53-50(33-42)51-46-23-8-7-21-44(46)45-22-9-10-24-47(45)54-51/h1-34H. The number of para-hydroxylation sites is 1. The second-order valence-electron chi connectivity index (χ2n) is 13.9. The van der Waals surface area contributed by atoms with Crippen molar-refractivity contribution in [1.29, 1.82) is 0 Å². The molecule has 0 unspecified atom stereocenters. The number of pyridine rings is 2. The van der Waals surface area contributed by atoms with Crippen LogP contribution in [0.5, 0.6) is 0 Å². The molecule has 262 valence electrons. The predicted octanol–water partition coefficient (Wildman–Crippen LogP) is 13.2. The van der Waals surface area contributed by atoms with Crippen LogP contribution in [0.15, 0.2) is 206 Å². The van der Waals surface area contributed by atoms with Crippen molar-refractivity contribution >= 4 is 21.7 Å². The summed E-state index contributed by atoms with van der Waals surface area (Å²) >= 11 is 0. The average molecular weight is 715 g/mol. The first-order valence-electron chi connectivity index (χ1n) is 18.8. The summed E-state index contributed by atoms with van der Waals surface area (Å²) in [5, 5.41) is 3.41. The van der Waals surface area contributed by atoms with Crippen LogP contribution in [0.25, 0.3) is 100 Å². The molecule has 0 aliphatic heterocycles. The van der Waals surface area contributed by atoms with E-state index in [-0.39, 0.29) is 0 Å². The van der Waals surface area contributed by atoms with E-state index in [1.807, 2.05) is 36.5 Å². The highest BCUT2D eigenvalue weighted by Crippen LogP contribution is 2.35. The molecule has 4 heteroatoms. The highest BCUT2D eigenvalue weighted by atomic mass is 14.9. The highest BCUT2D eigenvalue weighted by Gasteiger charge is 2.14. The molecule has 10 rings (SSSR count). The van der Waals surface area contributed by atoms with Crippen LogP contribution in [-0.4, -0.2) is 19.9 Å². The van der Waals surface area contributed by atoms with E-state index < -0.39 is 0 Å². The maximum Gasteiger partial charge on any atom is 0.160 e. The Morgan fingerprint density at radius 3 is 1.48 bits per heavy atom. The molecular formula is C52H34N4. The van der Waals surface area contributed by atoms with Crippen molar-refractivity contribution in [3.05, 3.63) is 206 Å². The van der Waals surface area contributed by atoms with Crippen LogP contribution < -0.4 is 0 Å². The van der Waals surface area contributed by atoms with Gasteiger partial charge in [0.15, 0.2) is 5.82 Å². The van der Waals surface area contributed by atoms with E-state index in [4.69, 9.17) is 19.9 Å². The van der Waals surface area contributed by atoms with E-state index >= 15 is 0 Å². The number of aromatic nitrogens is 4. The summed E-state index contributed by atoms with van der Waals surface area (Å²) in [5.41, 5.74) is 14.2. The zero-order valence-corrected chi connectivity index (χ0v) is 30.4. The first kappa shape index (κ1) is 33.0. The summed E-state index contributed by atoms with van der Waals surface area (Å²) < 4.78 is 0. The van der Waals surface area contributed by atoms with Crippen LogP contribution >= 0.6 is 0 Å². The number of fused-ring (bicyclic) bond motifs is 3. The molecule has 0 amide bonds. The van der Waals surface area contributed by atoms with Crippen LogP contribution in [0.3, 0.4) is 0 Å². The van der Waals surface area contributed by atoms with Gasteiger partial charge in [0, 0.05) is 33.7 Å². The average Bonchev–Trinajstić information content (AvgIpc) is 3.29. The van der Waals surface area contributed by atoms with Gasteiger partial charge < -0.3 is 0 Å². The molecule has 0 aliphatic rings. The molecule has 10 aromatic rings. The molecule has 0 radical (unpaired) electrons. The fourth-order valence-electron chi connectivity index (χ4n) is 7.50. The van der Waals surface area contributed by atoms with Gasteiger partial charge in [0.2, 0.25) is 0 Å². The number of nitrogens with zero attached hydrogens (tertiary/aromatic N) is 4. The number of rotatable bonds is 7. The molecule has 0 aliphatic carbocycles. The lowest BCUT2D eigenvalue weighted by atomic mass is 9.96. The smallest absolute Gasteiger partial charge is 0.160 e.